The van der Waals surface area contributed by atoms with Crippen LogP contribution in [-0.4, -0.2) is 12.6 Å². The number of hydrogen-bond acceptors (Lipinski definition) is 1. The van der Waals surface area contributed by atoms with Crippen LogP contribution in [-0.2, 0) is 6.42 Å². The minimum Gasteiger partial charge on any atom is -0.314 e. The predicted octanol–water partition coefficient (Wildman–Crippen LogP) is 3.62. The first-order valence-electron chi connectivity index (χ1n) is 6.94. The van der Waals surface area contributed by atoms with Gasteiger partial charge in [0.05, 0.1) is 0 Å². The second-order valence-electron chi connectivity index (χ2n) is 5.76. The Hall–Kier alpha value is -0.820. The molecule has 1 heterocycles. The lowest BCUT2D eigenvalue weighted by molar-refractivity contribution is 0.316. The Kier molecular flexibility index (Phi) is 4.22. The molecule has 1 aliphatic rings. The zero-order valence-electron chi connectivity index (χ0n) is 11.4. The van der Waals surface area contributed by atoms with Gasteiger partial charge in [-0.3, -0.25) is 0 Å². The molecule has 2 unspecified atom stereocenters. The predicted molar refractivity (Wildman–Crippen MR) is 74.4 cm³/mol. The van der Waals surface area contributed by atoms with E-state index in [1.165, 1.54) is 48.9 Å². The summed E-state index contributed by atoms with van der Waals surface area (Å²) in [5.41, 5.74) is 4.36. The highest BCUT2D eigenvalue weighted by molar-refractivity contribution is 5.30. The molecule has 0 spiro atoms. The molecule has 94 valence electrons. The number of hydrogen-bond donors (Lipinski definition) is 1. The number of aryl methyl sites for hydroxylation is 3. The number of rotatable bonds is 3. The molecule has 0 radical (unpaired) electrons. The van der Waals surface area contributed by atoms with Gasteiger partial charge in [-0.05, 0) is 63.1 Å². The van der Waals surface area contributed by atoms with Crippen molar-refractivity contribution in [2.24, 2.45) is 5.92 Å². The van der Waals surface area contributed by atoms with Gasteiger partial charge < -0.3 is 5.32 Å². The summed E-state index contributed by atoms with van der Waals surface area (Å²) in [5.74, 6) is 0.868. The fraction of sp³-hybridized carbons (Fsp3) is 0.625. The van der Waals surface area contributed by atoms with E-state index in [4.69, 9.17) is 0 Å². The summed E-state index contributed by atoms with van der Waals surface area (Å²) in [5, 5.41) is 3.67. The molecule has 1 aliphatic heterocycles. The van der Waals surface area contributed by atoms with Crippen molar-refractivity contribution in [2.75, 3.05) is 6.54 Å². The van der Waals surface area contributed by atoms with Crippen LogP contribution in [0.1, 0.15) is 42.9 Å². The summed E-state index contributed by atoms with van der Waals surface area (Å²) in [4.78, 5) is 0. The van der Waals surface area contributed by atoms with Crippen molar-refractivity contribution >= 4 is 0 Å². The molecule has 1 heteroatoms. The third-order valence-electron chi connectivity index (χ3n) is 4.03. The molecule has 0 saturated carbocycles. The topological polar surface area (TPSA) is 12.0 Å². The smallest absolute Gasteiger partial charge is 0.00704 e. The van der Waals surface area contributed by atoms with E-state index in [1.54, 1.807) is 0 Å². The maximum Gasteiger partial charge on any atom is 0.00704 e. The van der Waals surface area contributed by atoms with Crippen molar-refractivity contribution in [2.45, 2.75) is 52.5 Å². The van der Waals surface area contributed by atoms with E-state index in [9.17, 15) is 0 Å². The van der Waals surface area contributed by atoms with Gasteiger partial charge in [-0.15, -0.1) is 0 Å². The molecule has 1 saturated heterocycles. The van der Waals surface area contributed by atoms with Gasteiger partial charge in [0, 0.05) is 6.04 Å². The highest BCUT2D eigenvalue weighted by Crippen LogP contribution is 2.19. The minimum atomic E-state index is 0.742. The van der Waals surface area contributed by atoms with E-state index in [0.29, 0.717) is 0 Å². The first kappa shape index (κ1) is 12.6. The summed E-state index contributed by atoms with van der Waals surface area (Å²) in [6.45, 7) is 7.96. The van der Waals surface area contributed by atoms with E-state index >= 15 is 0 Å². The first-order valence-corrected chi connectivity index (χ1v) is 6.94. The molecule has 1 N–H and O–H groups in total. The molecule has 1 aromatic rings. The van der Waals surface area contributed by atoms with Crippen molar-refractivity contribution in [3.8, 4) is 0 Å². The van der Waals surface area contributed by atoms with Gasteiger partial charge in [-0.1, -0.05) is 30.7 Å². The quantitative estimate of drug-likeness (QED) is 0.837. The lowest BCUT2D eigenvalue weighted by Gasteiger charge is -2.28. The van der Waals surface area contributed by atoms with E-state index < -0.39 is 0 Å². The van der Waals surface area contributed by atoms with Gasteiger partial charge in [0.25, 0.3) is 0 Å². The SMILES string of the molecule is Cc1ccc(C)c(CCC2CCC(C)CN2)c1. The molecule has 1 aromatic carbocycles. The largest absolute Gasteiger partial charge is 0.314 e. The molecule has 2 rings (SSSR count). The van der Waals surface area contributed by atoms with E-state index in [-0.39, 0.29) is 0 Å². The van der Waals surface area contributed by atoms with Gasteiger partial charge in [0.2, 0.25) is 0 Å². The molecule has 2 atom stereocenters. The van der Waals surface area contributed by atoms with E-state index in [1.807, 2.05) is 0 Å². The lowest BCUT2D eigenvalue weighted by Crippen LogP contribution is -2.38. The van der Waals surface area contributed by atoms with Crippen LogP contribution >= 0.6 is 0 Å². The average Bonchev–Trinajstić information content (AvgIpc) is 2.32. The van der Waals surface area contributed by atoms with Crippen LogP contribution in [0.15, 0.2) is 18.2 Å². The number of nitrogens with one attached hydrogen (secondary N) is 1. The fourth-order valence-electron chi connectivity index (χ4n) is 2.70. The summed E-state index contributed by atoms with van der Waals surface area (Å²) in [7, 11) is 0. The molecule has 17 heavy (non-hydrogen) atoms. The molecular formula is C16H25N. The van der Waals surface area contributed by atoms with Crippen molar-refractivity contribution in [1.29, 1.82) is 0 Å². The Balaban J connectivity index is 1.87. The maximum atomic E-state index is 3.67. The monoisotopic (exact) mass is 231 g/mol. The van der Waals surface area contributed by atoms with E-state index in [0.717, 1.165) is 12.0 Å². The Labute approximate surface area is 106 Å². The van der Waals surface area contributed by atoms with Gasteiger partial charge in [0.1, 0.15) is 0 Å². The van der Waals surface area contributed by atoms with Crippen molar-refractivity contribution < 1.29 is 0 Å². The number of piperidine rings is 1. The van der Waals surface area contributed by atoms with Crippen LogP contribution in [0.25, 0.3) is 0 Å². The minimum absolute atomic E-state index is 0.742. The van der Waals surface area contributed by atoms with Gasteiger partial charge in [-0.25, -0.2) is 0 Å². The van der Waals surface area contributed by atoms with Gasteiger partial charge in [0.15, 0.2) is 0 Å². The van der Waals surface area contributed by atoms with Crippen molar-refractivity contribution in [3.05, 3.63) is 34.9 Å². The van der Waals surface area contributed by atoms with Crippen LogP contribution in [0, 0.1) is 19.8 Å². The average molecular weight is 231 g/mol. The van der Waals surface area contributed by atoms with Crippen LogP contribution in [0.3, 0.4) is 0 Å². The summed E-state index contributed by atoms with van der Waals surface area (Å²) < 4.78 is 0. The van der Waals surface area contributed by atoms with Crippen molar-refractivity contribution in [1.82, 2.24) is 5.32 Å². The third kappa shape index (κ3) is 3.57. The maximum absolute atomic E-state index is 3.67. The first-order chi connectivity index (χ1) is 8.15. The Bertz CT molecular complexity index is 362. The van der Waals surface area contributed by atoms with E-state index in [2.05, 4.69) is 44.3 Å². The Morgan fingerprint density at radius 3 is 2.76 bits per heavy atom. The van der Waals surface area contributed by atoms with Gasteiger partial charge >= 0.3 is 0 Å². The molecule has 1 fully saturated rings. The second kappa shape index (κ2) is 5.68. The van der Waals surface area contributed by atoms with Crippen LogP contribution in [0.5, 0.6) is 0 Å². The number of benzene rings is 1. The standard InChI is InChI=1S/C16H25N/c1-12-4-6-14(3)15(10-12)7-9-16-8-5-13(2)11-17-16/h4,6,10,13,16-17H,5,7-9,11H2,1-3H3. The zero-order valence-corrected chi connectivity index (χ0v) is 11.4. The van der Waals surface area contributed by atoms with Crippen LogP contribution < -0.4 is 5.32 Å². The summed E-state index contributed by atoms with van der Waals surface area (Å²) >= 11 is 0. The molecule has 1 nitrogen and oxygen atoms in total. The van der Waals surface area contributed by atoms with Crippen LogP contribution in [0.4, 0.5) is 0 Å². The summed E-state index contributed by atoms with van der Waals surface area (Å²) in [6, 6.07) is 7.55. The molecular weight excluding hydrogens is 206 g/mol. The lowest BCUT2D eigenvalue weighted by atomic mass is 9.91. The highest BCUT2D eigenvalue weighted by Gasteiger charge is 2.17. The molecule has 0 bridgehead atoms. The molecule has 0 aromatic heterocycles. The third-order valence-corrected chi connectivity index (χ3v) is 4.03. The Morgan fingerprint density at radius 2 is 2.06 bits per heavy atom. The highest BCUT2D eigenvalue weighted by atomic mass is 14.9. The van der Waals surface area contributed by atoms with Crippen molar-refractivity contribution in [3.63, 3.8) is 0 Å². The summed E-state index contributed by atoms with van der Waals surface area (Å²) in [6.07, 6.45) is 5.26. The van der Waals surface area contributed by atoms with Gasteiger partial charge in [-0.2, -0.15) is 0 Å². The normalized spacial score (nSPS) is 24.9. The fourth-order valence-corrected chi connectivity index (χ4v) is 2.70. The zero-order chi connectivity index (χ0) is 12.3. The Morgan fingerprint density at radius 1 is 1.24 bits per heavy atom. The molecule has 0 amide bonds. The molecule has 0 aliphatic carbocycles. The van der Waals surface area contributed by atoms with Crippen LogP contribution in [0.2, 0.25) is 0 Å². The second-order valence-corrected chi connectivity index (χ2v) is 5.76.